The first kappa shape index (κ1) is 26.4. The molecule has 10 nitrogen and oxygen atoms in total. The molecule has 12 heteroatoms. The molecule has 0 spiro atoms. The molecule has 2 rings (SSSR count). The lowest BCUT2D eigenvalue weighted by Gasteiger charge is -2.22. The summed E-state index contributed by atoms with van der Waals surface area (Å²) >= 11 is 0. The summed E-state index contributed by atoms with van der Waals surface area (Å²) < 4.78 is 61.4. The summed E-state index contributed by atoms with van der Waals surface area (Å²) in [7, 11) is -1.57. The van der Waals surface area contributed by atoms with Crippen molar-refractivity contribution in [1.82, 2.24) is 9.62 Å². The van der Waals surface area contributed by atoms with Gasteiger partial charge < -0.3 is 14.8 Å². The SMILES string of the molecule is COc1ccc(CCNC(=O)CN(c2ccc(S(=O)(=O)N(C)C)cc2)S(C)(=O)=O)cc1OC. The Balaban J connectivity index is 2.07. The van der Waals surface area contributed by atoms with Gasteiger partial charge in [0, 0.05) is 20.6 Å². The molecule has 0 fully saturated rings. The number of hydrogen-bond acceptors (Lipinski definition) is 7. The average molecular weight is 500 g/mol. The van der Waals surface area contributed by atoms with Crippen LogP contribution in [0.2, 0.25) is 0 Å². The Morgan fingerprint density at radius 2 is 1.55 bits per heavy atom. The van der Waals surface area contributed by atoms with Gasteiger partial charge in [-0.05, 0) is 48.4 Å². The van der Waals surface area contributed by atoms with Gasteiger partial charge in [-0.15, -0.1) is 0 Å². The fourth-order valence-corrected chi connectivity index (χ4v) is 4.72. The van der Waals surface area contributed by atoms with E-state index in [0.717, 1.165) is 20.4 Å². The number of rotatable bonds is 11. The van der Waals surface area contributed by atoms with Crippen molar-refractivity contribution in [2.75, 3.05) is 52.0 Å². The Labute approximate surface area is 195 Å². The molecule has 0 unspecified atom stereocenters. The van der Waals surface area contributed by atoms with Crippen LogP contribution in [0.25, 0.3) is 0 Å². The zero-order valence-corrected chi connectivity index (χ0v) is 20.9. The molecule has 1 N–H and O–H groups in total. The molecule has 0 aromatic heterocycles. The highest BCUT2D eigenvalue weighted by molar-refractivity contribution is 7.92. The van der Waals surface area contributed by atoms with Gasteiger partial charge >= 0.3 is 0 Å². The minimum absolute atomic E-state index is 0.0177. The third kappa shape index (κ3) is 6.83. The Morgan fingerprint density at radius 1 is 0.939 bits per heavy atom. The molecule has 33 heavy (non-hydrogen) atoms. The number of anilines is 1. The van der Waals surface area contributed by atoms with Crippen LogP contribution in [0.15, 0.2) is 47.4 Å². The van der Waals surface area contributed by atoms with E-state index < -0.39 is 32.5 Å². The molecule has 0 saturated heterocycles. The molecule has 182 valence electrons. The van der Waals surface area contributed by atoms with E-state index >= 15 is 0 Å². The van der Waals surface area contributed by atoms with Crippen molar-refractivity contribution in [1.29, 1.82) is 0 Å². The molecule has 0 atom stereocenters. The third-order valence-corrected chi connectivity index (χ3v) is 7.74. The largest absolute Gasteiger partial charge is 0.493 e. The van der Waals surface area contributed by atoms with Crippen molar-refractivity contribution >= 4 is 31.6 Å². The number of ether oxygens (including phenoxy) is 2. The van der Waals surface area contributed by atoms with E-state index in [9.17, 15) is 21.6 Å². The summed E-state index contributed by atoms with van der Waals surface area (Å²) in [5.41, 5.74) is 1.09. The van der Waals surface area contributed by atoms with Gasteiger partial charge in [0.2, 0.25) is 26.0 Å². The predicted octanol–water partition coefficient (Wildman–Crippen LogP) is 1.08. The van der Waals surface area contributed by atoms with E-state index in [-0.39, 0.29) is 17.1 Å². The third-order valence-electron chi connectivity index (χ3n) is 4.77. The van der Waals surface area contributed by atoms with Gasteiger partial charge in [-0.25, -0.2) is 21.1 Å². The van der Waals surface area contributed by atoms with Crippen LogP contribution in [0, 0.1) is 0 Å². The lowest BCUT2D eigenvalue weighted by molar-refractivity contribution is -0.119. The number of carbonyl (C=O) groups is 1. The second-order valence-corrected chi connectivity index (χ2v) is 11.4. The van der Waals surface area contributed by atoms with Crippen molar-refractivity contribution < 1.29 is 31.1 Å². The van der Waals surface area contributed by atoms with Crippen LogP contribution < -0.4 is 19.1 Å². The van der Waals surface area contributed by atoms with Gasteiger partial charge in [0.15, 0.2) is 11.5 Å². The van der Waals surface area contributed by atoms with Crippen LogP contribution >= 0.6 is 0 Å². The first-order valence-corrected chi connectivity index (χ1v) is 13.2. The van der Waals surface area contributed by atoms with Crippen molar-refractivity contribution in [3.05, 3.63) is 48.0 Å². The monoisotopic (exact) mass is 499 g/mol. The molecule has 0 saturated carbocycles. The number of methoxy groups -OCH3 is 2. The molecule has 0 bridgehead atoms. The zero-order valence-electron chi connectivity index (χ0n) is 19.2. The fraction of sp³-hybridized carbons (Fsp3) is 0.381. The highest BCUT2D eigenvalue weighted by Gasteiger charge is 2.22. The molecule has 0 aliphatic carbocycles. The fourth-order valence-electron chi connectivity index (χ4n) is 2.96. The second-order valence-electron chi connectivity index (χ2n) is 7.34. The smallest absolute Gasteiger partial charge is 0.242 e. The van der Waals surface area contributed by atoms with E-state index in [2.05, 4.69) is 5.32 Å². The molecular formula is C21H29N3O7S2. The van der Waals surface area contributed by atoms with Gasteiger partial charge in [-0.1, -0.05) is 6.07 Å². The van der Waals surface area contributed by atoms with Crippen LogP contribution in [0.5, 0.6) is 11.5 Å². The quantitative estimate of drug-likeness (QED) is 0.491. The number of hydrogen-bond donors (Lipinski definition) is 1. The maximum atomic E-state index is 12.4. The molecule has 0 heterocycles. The maximum Gasteiger partial charge on any atom is 0.242 e. The Hall–Kier alpha value is -2.83. The maximum absolute atomic E-state index is 12.4. The number of carbonyl (C=O) groups excluding carboxylic acids is 1. The molecule has 2 aromatic rings. The average Bonchev–Trinajstić information content (AvgIpc) is 2.76. The van der Waals surface area contributed by atoms with Gasteiger partial charge in [-0.3, -0.25) is 9.10 Å². The lowest BCUT2D eigenvalue weighted by atomic mass is 10.1. The predicted molar refractivity (Wildman–Crippen MR) is 126 cm³/mol. The van der Waals surface area contributed by atoms with Crippen LogP contribution in [0.1, 0.15) is 5.56 Å². The summed E-state index contributed by atoms with van der Waals surface area (Å²) in [5.74, 6) is 0.675. The van der Waals surface area contributed by atoms with E-state index in [1.165, 1.54) is 45.5 Å². The van der Waals surface area contributed by atoms with Crippen molar-refractivity contribution in [2.45, 2.75) is 11.3 Å². The minimum Gasteiger partial charge on any atom is -0.493 e. The van der Waals surface area contributed by atoms with Gasteiger partial charge in [0.25, 0.3) is 0 Å². The lowest BCUT2D eigenvalue weighted by Crippen LogP contribution is -2.41. The van der Waals surface area contributed by atoms with E-state index in [1.807, 2.05) is 6.07 Å². The Morgan fingerprint density at radius 3 is 2.06 bits per heavy atom. The number of nitrogens with zero attached hydrogens (tertiary/aromatic N) is 2. The molecule has 2 aromatic carbocycles. The molecule has 0 aliphatic rings. The van der Waals surface area contributed by atoms with E-state index in [0.29, 0.717) is 17.9 Å². The van der Waals surface area contributed by atoms with E-state index in [1.54, 1.807) is 19.2 Å². The number of benzene rings is 2. The summed E-state index contributed by atoms with van der Waals surface area (Å²) in [6.45, 7) is -0.156. The number of nitrogens with one attached hydrogen (secondary N) is 1. The highest BCUT2D eigenvalue weighted by atomic mass is 32.2. The summed E-state index contributed by atoms with van der Waals surface area (Å²) in [6.07, 6.45) is 1.48. The van der Waals surface area contributed by atoms with Crippen LogP contribution in [-0.4, -0.2) is 74.7 Å². The Bertz CT molecular complexity index is 1180. The summed E-state index contributed by atoms with van der Waals surface area (Å²) in [4.78, 5) is 12.5. The van der Waals surface area contributed by atoms with E-state index in [4.69, 9.17) is 9.47 Å². The minimum atomic E-state index is -3.79. The first-order valence-electron chi connectivity index (χ1n) is 9.88. The molecule has 0 radical (unpaired) electrons. The first-order chi connectivity index (χ1) is 15.4. The van der Waals surface area contributed by atoms with Gasteiger partial charge in [-0.2, -0.15) is 0 Å². The highest BCUT2D eigenvalue weighted by Crippen LogP contribution is 2.27. The normalized spacial score (nSPS) is 11.8. The number of amides is 1. The van der Waals surface area contributed by atoms with Crippen molar-refractivity contribution in [3.8, 4) is 11.5 Å². The molecular weight excluding hydrogens is 470 g/mol. The molecule has 0 aliphatic heterocycles. The van der Waals surface area contributed by atoms with Crippen LogP contribution in [0.4, 0.5) is 5.69 Å². The Kier molecular flexibility index (Phi) is 8.69. The van der Waals surface area contributed by atoms with Crippen molar-refractivity contribution in [3.63, 3.8) is 0 Å². The van der Waals surface area contributed by atoms with Crippen LogP contribution in [-0.2, 0) is 31.3 Å². The standard InChI is InChI=1S/C21H29N3O7S2/c1-23(2)33(28,29)18-9-7-17(8-10-18)24(32(5,26)27)15-21(25)22-13-12-16-6-11-19(30-3)20(14-16)31-4/h6-11,14H,12-13,15H2,1-5H3,(H,22,25). The number of sulfonamides is 2. The summed E-state index contributed by atoms with van der Waals surface area (Å²) in [6, 6.07) is 10.7. The summed E-state index contributed by atoms with van der Waals surface area (Å²) in [5, 5.41) is 2.70. The van der Waals surface area contributed by atoms with Crippen LogP contribution in [0.3, 0.4) is 0 Å². The zero-order chi connectivity index (χ0) is 24.8. The second kappa shape index (κ2) is 10.9. The van der Waals surface area contributed by atoms with Crippen molar-refractivity contribution in [2.24, 2.45) is 0 Å². The topological polar surface area (TPSA) is 122 Å². The molecule has 1 amide bonds. The van der Waals surface area contributed by atoms with Gasteiger partial charge in [0.05, 0.1) is 31.1 Å². The van der Waals surface area contributed by atoms with Gasteiger partial charge in [0.1, 0.15) is 6.54 Å².